The minimum absolute atomic E-state index is 0.153. The normalized spacial score (nSPS) is 28.9. The topological polar surface area (TPSA) is 75.4 Å². The first-order valence-corrected chi connectivity index (χ1v) is 7.85. The number of carbonyl (C=O) groups is 2. The molecule has 2 saturated heterocycles. The summed E-state index contributed by atoms with van der Waals surface area (Å²) in [7, 11) is 0. The molecule has 3 N–H and O–H groups in total. The number of amides is 2. The zero-order valence-electron chi connectivity index (χ0n) is 12.4. The Morgan fingerprint density at radius 3 is 2.80 bits per heavy atom. The van der Waals surface area contributed by atoms with Crippen molar-refractivity contribution in [1.29, 1.82) is 0 Å². The van der Waals surface area contributed by atoms with Gasteiger partial charge in [0.2, 0.25) is 11.8 Å². The molecule has 0 aromatic carbocycles. The molecule has 0 bridgehead atoms. The highest BCUT2D eigenvalue weighted by molar-refractivity contribution is 5.80. The summed E-state index contributed by atoms with van der Waals surface area (Å²) in [6.45, 7) is 5.59. The summed E-state index contributed by atoms with van der Waals surface area (Å²) in [5, 5.41) is 3.40. The lowest BCUT2D eigenvalue weighted by Gasteiger charge is -2.34. The van der Waals surface area contributed by atoms with E-state index in [1.165, 1.54) is 12.8 Å². The number of carbonyl (C=O) groups excluding carboxylic acids is 2. The van der Waals surface area contributed by atoms with Gasteiger partial charge in [0.15, 0.2) is 0 Å². The van der Waals surface area contributed by atoms with Crippen molar-refractivity contribution in [1.82, 2.24) is 10.2 Å². The van der Waals surface area contributed by atoms with Gasteiger partial charge >= 0.3 is 0 Å². The highest BCUT2D eigenvalue weighted by Crippen LogP contribution is 2.24. The van der Waals surface area contributed by atoms with Gasteiger partial charge in [-0.25, -0.2) is 0 Å². The Balaban J connectivity index is 1.82. The lowest BCUT2D eigenvalue weighted by Crippen LogP contribution is -2.45. The molecule has 114 valence electrons. The fourth-order valence-electron chi connectivity index (χ4n) is 3.37. The molecule has 20 heavy (non-hydrogen) atoms. The quantitative estimate of drug-likeness (QED) is 0.798. The molecule has 2 fully saturated rings. The van der Waals surface area contributed by atoms with Gasteiger partial charge in [-0.05, 0) is 50.6 Å². The van der Waals surface area contributed by atoms with Gasteiger partial charge in [0.1, 0.15) is 0 Å². The second kappa shape index (κ2) is 7.07. The van der Waals surface area contributed by atoms with Gasteiger partial charge in [-0.1, -0.05) is 6.92 Å². The first-order valence-electron chi connectivity index (χ1n) is 7.85. The van der Waals surface area contributed by atoms with Gasteiger partial charge in [-0.3, -0.25) is 9.59 Å². The van der Waals surface area contributed by atoms with E-state index in [1.807, 2.05) is 4.90 Å². The molecular weight excluding hydrogens is 254 g/mol. The van der Waals surface area contributed by atoms with Crippen LogP contribution in [0.25, 0.3) is 0 Å². The van der Waals surface area contributed by atoms with Crippen LogP contribution in [0.1, 0.15) is 39.0 Å². The molecule has 5 heteroatoms. The Kier molecular flexibility index (Phi) is 5.40. The summed E-state index contributed by atoms with van der Waals surface area (Å²) in [4.78, 5) is 25.5. The van der Waals surface area contributed by atoms with Crippen LogP contribution >= 0.6 is 0 Å². The van der Waals surface area contributed by atoms with Gasteiger partial charge in [0.25, 0.3) is 0 Å². The Bertz CT molecular complexity index is 353. The van der Waals surface area contributed by atoms with Crippen LogP contribution in [0.5, 0.6) is 0 Å². The fourth-order valence-corrected chi connectivity index (χ4v) is 3.37. The molecule has 2 amide bonds. The summed E-state index contributed by atoms with van der Waals surface area (Å²) in [6.07, 6.45) is 4.72. The Morgan fingerprint density at radius 1 is 1.35 bits per heavy atom. The lowest BCUT2D eigenvalue weighted by molar-refractivity contribution is -0.136. The smallest absolute Gasteiger partial charge is 0.222 e. The first-order chi connectivity index (χ1) is 9.58. The standard InChI is InChI=1S/C15H27N3O2/c1-11(12-4-2-6-17-9-12)8-14(19)18-7-3-5-13(10-18)15(16)20/h11-13,17H,2-10H2,1H3,(H2,16,20). The monoisotopic (exact) mass is 281 g/mol. The second-order valence-corrected chi connectivity index (χ2v) is 6.37. The molecule has 0 aliphatic carbocycles. The average Bonchev–Trinajstić information content (AvgIpc) is 2.48. The van der Waals surface area contributed by atoms with Gasteiger partial charge in [-0.2, -0.15) is 0 Å². The summed E-state index contributed by atoms with van der Waals surface area (Å²) in [5.74, 6) is 0.772. The van der Waals surface area contributed by atoms with E-state index in [2.05, 4.69) is 12.2 Å². The van der Waals surface area contributed by atoms with Crippen LogP contribution < -0.4 is 11.1 Å². The molecular formula is C15H27N3O2. The van der Waals surface area contributed by atoms with E-state index in [0.717, 1.165) is 32.5 Å². The van der Waals surface area contributed by atoms with Crippen LogP contribution in [0.4, 0.5) is 0 Å². The van der Waals surface area contributed by atoms with E-state index in [0.29, 0.717) is 24.8 Å². The Hall–Kier alpha value is -1.10. The minimum Gasteiger partial charge on any atom is -0.369 e. The maximum Gasteiger partial charge on any atom is 0.222 e. The van der Waals surface area contributed by atoms with Crippen LogP contribution in [-0.2, 0) is 9.59 Å². The molecule has 0 spiro atoms. The van der Waals surface area contributed by atoms with E-state index in [-0.39, 0.29) is 17.7 Å². The Morgan fingerprint density at radius 2 is 2.15 bits per heavy atom. The molecule has 5 nitrogen and oxygen atoms in total. The zero-order valence-corrected chi connectivity index (χ0v) is 12.4. The van der Waals surface area contributed by atoms with Crippen molar-refractivity contribution in [3.63, 3.8) is 0 Å². The van der Waals surface area contributed by atoms with Crippen LogP contribution in [-0.4, -0.2) is 42.9 Å². The van der Waals surface area contributed by atoms with Crippen LogP contribution in [0.3, 0.4) is 0 Å². The lowest BCUT2D eigenvalue weighted by atomic mass is 9.85. The number of nitrogens with one attached hydrogen (secondary N) is 1. The van der Waals surface area contributed by atoms with Crippen molar-refractivity contribution in [2.24, 2.45) is 23.5 Å². The highest BCUT2D eigenvalue weighted by atomic mass is 16.2. The van der Waals surface area contributed by atoms with Crippen LogP contribution in [0.15, 0.2) is 0 Å². The first kappa shape index (κ1) is 15.3. The van der Waals surface area contributed by atoms with Crippen molar-refractivity contribution in [3.8, 4) is 0 Å². The van der Waals surface area contributed by atoms with Crippen molar-refractivity contribution >= 4 is 11.8 Å². The van der Waals surface area contributed by atoms with E-state index in [4.69, 9.17) is 5.73 Å². The molecule has 2 aliphatic rings. The minimum atomic E-state index is -0.271. The predicted octanol–water partition coefficient (Wildman–Crippen LogP) is 0.736. The molecule has 0 radical (unpaired) electrons. The van der Waals surface area contributed by atoms with E-state index >= 15 is 0 Å². The summed E-state index contributed by atoms with van der Waals surface area (Å²) < 4.78 is 0. The van der Waals surface area contributed by atoms with E-state index < -0.39 is 0 Å². The molecule has 3 unspecified atom stereocenters. The summed E-state index contributed by atoms with van der Waals surface area (Å²) in [5.41, 5.74) is 5.36. The van der Waals surface area contributed by atoms with Gasteiger partial charge in [-0.15, -0.1) is 0 Å². The highest BCUT2D eigenvalue weighted by Gasteiger charge is 2.29. The Labute approximate surface area is 121 Å². The third-order valence-corrected chi connectivity index (χ3v) is 4.81. The van der Waals surface area contributed by atoms with Gasteiger partial charge in [0, 0.05) is 19.5 Å². The van der Waals surface area contributed by atoms with Crippen LogP contribution in [0, 0.1) is 17.8 Å². The zero-order chi connectivity index (χ0) is 14.5. The molecule has 2 heterocycles. The van der Waals surface area contributed by atoms with Crippen molar-refractivity contribution in [2.75, 3.05) is 26.2 Å². The number of hydrogen-bond donors (Lipinski definition) is 2. The molecule has 0 saturated carbocycles. The number of piperidine rings is 2. The SMILES string of the molecule is CC(CC(=O)N1CCCC(C(N)=O)C1)C1CCCNC1. The largest absolute Gasteiger partial charge is 0.369 e. The van der Waals surface area contributed by atoms with E-state index in [1.54, 1.807) is 0 Å². The molecule has 2 aliphatic heterocycles. The van der Waals surface area contributed by atoms with Gasteiger partial charge in [0.05, 0.1) is 5.92 Å². The summed E-state index contributed by atoms with van der Waals surface area (Å²) >= 11 is 0. The van der Waals surface area contributed by atoms with Crippen molar-refractivity contribution < 1.29 is 9.59 Å². The van der Waals surface area contributed by atoms with Crippen molar-refractivity contribution in [3.05, 3.63) is 0 Å². The average molecular weight is 281 g/mol. The number of likely N-dealkylation sites (tertiary alicyclic amines) is 1. The number of primary amides is 1. The van der Waals surface area contributed by atoms with Crippen LogP contribution in [0.2, 0.25) is 0 Å². The molecule has 3 atom stereocenters. The molecule has 0 aromatic heterocycles. The maximum atomic E-state index is 12.4. The maximum absolute atomic E-state index is 12.4. The summed E-state index contributed by atoms with van der Waals surface area (Å²) in [6, 6.07) is 0. The second-order valence-electron chi connectivity index (χ2n) is 6.37. The van der Waals surface area contributed by atoms with Crippen molar-refractivity contribution in [2.45, 2.75) is 39.0 Å². The van der Waals surface area contributed by atoms with E-state index in [9.17, 15) is 9.59 Å². The third-order valence-electron chi connectivity index (χ3n) is 4.81. The van der Waals surface area contributed by atoms with Gasteiger partial charge < -0.3 is 16.0 Å². The number of hydrogen-bond acceptors (Lipinski definition) is 3. The number of nitrogens with zero attached hydrogens (tertiary/aromatic N) is 1. The number of nitrogens with two attached hydrogens (primary N) is 1. The molecule has 0 aromatic rings. The molecule has 2 rings (SSSR count). The predicted molar refractivity (Wildman–Crippen MR) is 77.9 cm³/mol. The number of rotatable bonds is 4. The third kappa shape index (κ3) is 3.95. The fraction of sp³-hybridized carbons (Fsp3) is 0.867.